The molecule has 5 unspecified atom stereocenters. The molecule has 5 heterocycles. The molecule has 25 heavy (non-hydrogen) atoms. The molecular formula is C20H22N2O3. The van der Waals surface area contributed by atoms with Crippen LogP contribution >= 0.6 is 0 Å². The van der Waals surface area contributed by atoms with Gasteiger partial charge in [0.2, 0.25) is 0 Å². The van der Waals surface area contributed by atoms with Crippen molar-refractivity contribution in [3.05, 3.63) is 41.1 Å². The number of ether oxygens (including phenoxy) is 1. The summed E-state index contributed by atoms with van der Waals surface area (Å²) in [5.41, 5.74) is 4.95. The number of methoxy groups -OCH3 is 1. The second-order valence-corrected chi connectivity index (χ2v) is 7.46. The summed E-state index contributed by atoms with van der Waals surface area (Å²) in [7, 11) is 1.49. The number of nitrogens with one attached hydrogen (secondary N) is 1. The number of nitrogens with zero attached hydrogens (tertiary/aromatic N) is 1. The van der Waals surface area contributed by atoms with Gasteiger partial charge in [-0.3, -0.25) is 9.69 Å². The van der Waals surface area contributed by atoms with Crippen LogP contribution in [0.2, 0.25) is 0 Å². The van der Waals surface area contributed by atoms with E-state index in [1.807, 2.05) is 12.1 Å². The second kappa shape index (κ2) is 5.11. The molecular weight excluding hydrogens is 316 g/mol. The Morgan fingerprint density at radius 2 is 2.28 bits per heavy atom. The maximum atomic E-state index is 12.6. The molecule has 0 aliphatic carbocycles. The Morgan fingerprint density at radius 3 is 3.04 bits per heavy atom. The number of hydrogen-bond acceptors (Lipinski definition) is 4. The van der Waals surface area contributed by atoms with Gasteiger partial charge >= 0.3 is 5.97 Å². The molecule has 2 N–H and O–H groups in total. The van der Waals surface area contributed by atoms with E-state index >= 15 is 0 Å². The lowest BCUT2D eigenvalue weighted by Crippen LogP contribution is -2.62. The van der Waals surface area contributed by atoms with Gasteiger partial charge in [-0.2, -0.15) is 0 Å². The van der Waals surface area contributed by atoms with Crippen molar-refractivity contribution in [1.82, 2.24) is 9.88 Å². The van der Waals surface area contributed by atoms with E-state index in [9.17, 15) is 9.90 Å². The Kier molecular flexibility index (Phi) is 3.07. The third kappa shape index (κ3) is 1.90. The molecule has 2 aromatic rings. The number of aromatic amines is 1. The molecule has 0 radical (unpaired) electrons. The number of H-pyrrole nitrogens is 1. The first kappa shape index (κ1) is 15.0. The van der Waals surface area contributed by atoms with Crippen molar-refractivity contribution in [2.24, 2.45) is 11.8 Å². The minimum atomic E-state index is -0.100. The molecule has 0 spiro atoms. The summed E-state index contributed by atoms with van der Waals surface area (Å²) in [5.74, 6) is 0.359. The number of carbonyl (C=O) groups excluding carboxylic acids is 1. The Morgan fingerprint density at radius 1 is 1.44 bits per heavy atom. The van der Waals surface area contributed by atoms with Gasteiger partial charge in [0.05, 0.1) is 19.1 Å². The van der Waals surface area contributed by atoms with E-state index in [2.05, 4.69) is 22.9 Å². The number of fused-ring (bicyclic) bond motifs is 4. The molecule has 5 nitrogen and oxygen atoms in total. The Hall–Kier alpha value is -2.27. The number of phenolic OH excluding ortho intramolecular Hbond substituents is 1. The number of piperidine rings is 3. The smallest absolute Gasteiger partial charge is 0.310 e. The number of carbonyl (C=O) groups is 1. The number of aromatic nitrogens is 1. The number of benzene rings is 1. The molecule has 0 amide bonds. The number of aromatic hydroxyl groups is 1. The lowest BCUT2D eigenvalue weighted by atomic mass is 9.64. The van der Waals surface area contributed by atoms with Crippen LogP contribution in [0, 0.1) is 11.8 Å². The largest absolute Gasteiger partial charge is 0.508 e. The summed E-state index contributed by atoms with van der Waals surface area (Å²) in [4.78, 5) is 18.6. The molecule has 4 bridgehead atoms. The molecule has 3 fully saturated rings. The first-order valence-corrected chi connectivity index (χ1v) is 8.94. The Bertz CT molecular complexity index is 913. The number of rotatable bonds is 1. The van der Waals surface area contributed by atoms with Crippen LogP contribution in [0.15, 0.2) is 29.8 Å². The summed E-state index contributed by atoms with van der Waals surface area (Å²) < 4.78 is 5.16. The Balaban J connectivity index is 1.68. The standard InChI is InChI=1S/C20H22N2O3/c1-3-10-9-22-16-8-14-13-6-11(23)4-5-15(13)21-19(14)17(22)7-12(10)18(16)20(24)25-2/h3-6,12,16-18,21,23H,7-9H2,1-2H3. The van der Waals surface area contributed by atoms with Gasteiger partial charge in [0, 0.05) is 29.2 Å². The first-order chi connectivity index (χ1) is 12.1. The highest BCUT2D eigenvalue weighted by atomic mass is 16.5. The molecule has 130 valence electrons. The van der Waals surface area contributed by atoms with Gasteiger partial charge < -0.3 is 14.8 Å². The molecule has 5 atom stereocenters. The van der Waals surface area contributed by atoms with Gasteiger partial charge in [0.15, 0.2) is 0 Å². The van der Waals surface area contributed by atoms with Gasteiger partial charge in [-0.1, -0.05) is 11.6 Å². The average Bonchev–Trinajstić information content (AvgIpc) is 2.98. The van der Waals surface area contributed by atoms with E-state index in [4.69, 9.17) is 4.74 Å². The van der Waals surface area contributed by atoms with Gasteiger partial charge in [0.25, 0.3) is 0 Å². The third-order valence-electron chi connectivity index (χ3n) is 6.51. The van der Waals surface area contributed by atoms with Gasteiger partial charge in [-0.05, 0) is 49.4 Å². The van der Waals surface area contributed by atoms with Crippen LogP contribution in [-0.2, 0) is 16.0 Å². The third-order valence-corrected chi connectivity index (χ3v) is 6.51. The predicted molar refractivity (Wildman–Crippen MR) is 94.3 cm³/mol. The molecule has 4 aliphatic heterocycles. The zero-order valence-electron chi connectivity index (χ0n) is 14.5. The molecule has 5 heteroatoms. The van der Waals surface area contributed by atoms with E-state index in [0.717, 1.165) is 30.3 Å². The van der Waals surface area contributed by atoms with Crippen molar-refractivity contribution in [3.63, 3.8) is 0 Å². The van der Waals surface area contributed by atoms with Crippen LogP contribution in [0.1, 0.15) is 30.6 Å². The molecule has 3 saturated heterocycles. The molecule has 1 aromatic heterocycles. The zero-order chi connectivity index (χ0) is 17.3. The SMILES string of the molecule is CC=C1CN2C3CC1C(C(=O)OC)C2Cc1c3[nH]c2ccc(O)cc12. The van der Waals surface area contributed by atoms with Gasteiger partial charge in [0.1, 0.15) is 5.75 Å². The highest BCUT2D eigenvalue weighted by Gasteiger charge is 2.55. The molecule has 1 aromatic carbocycles. The summed E-state index contributed by atoms with van der Waals surface area (Å²) in [6.45, 7) is 3.00. The van der Waals surface area contributed by atoms with Crippen molar-refractivity contribution in [1.29, 1.82) is 0 Å². The van der Waals surface area contributed by atoms with Gasteiger partial charge in [-0.15, -0.1) is 0 Å². The van der Waals surface area contributed by atoms with E-state index in [1.165, 1.54) is 23.9 Å². The van der Waals surface area contributed by atoms with E-state index in [-0.39, 0.29) is 29.6 Å². The minimum Gasteiger partial charge on any atom is -0.508 e. The molecule has 0 saturated carbocycles. The number of hydrogen-bond donors (Lipinski definition) is 2. The van der Waals surface area contributed by atoms with E-state index in [0.29, 0.717) is 6.04 Å². The highest BCUT2D eigenvalue weighted by molar-refractivity contribution is 5.87. The Labute approximate surface area is 146 Å². The average molecular weight is 338 g/mol. The molecule has 6 rings (SSSR count). The summed E-state index contributed by atoms with van der Waals surface area (Å²) >= 11 is 0. The quantitative estimate of drug-likeness (QED) is 0.620. The first-order valence-electron chi connectivity index (χ1n) is 8.94. The van der Waals surface area contributed by atoms with Gasteiger partial charge in [-0.25, -0.2) is 0 Å². The van der Waals surface area contributed by atoms with Crippen LogP contribution in [-0.4, -0.2) is 40.7 Å². The van der Waals surface area contributed by atoms with E-state index in [1.54, 1.807) is 6.07 Å². The van der Waals surface area contributed by atoms with Crippen molar-refractivity contribution < 1.29 is 14.6 Å². The van der Waals surface area contributed by atoms with Crippen LogP contribution in [0.3, 0.4) is 0 Å². The van der Waals surface area contributed by atoms with Crippen LogP contribution in [0.25, 0.3) is 10.9 Å². The number of esters is 1. The lowest BCUT2D eigenvalue weighted by Gasteiger charge is -2.57. The number of allylic oxidation sites excluding steroid dienone is 1. The fourth-order valence-electron chi connectivity index (χ4n) is 5.43. The highest BCUT2D eigenvalue weighted by Crippen LogP contribution is 2.54. The topological polar surface area (TPSA) is 65.6 Å². The van der Waals surface area contributed by atoms with Crippen molar-refractivity contribution in [3.8, 4) is 5.75 Å². The fraction of sp³-hybridized carbons (Fsp3) is 0.450. The predicted octanol–water partition coefficient (Wildman–Crippen LogP) is 2.91. The van der Waals surface area contributed by atoms with Crippen LogP contribution in [0.4, 0.5) is 0 Å². The number of phenols is 1. The minimum absolute atomic E-state index is 0.0939. The van der Waals surface area contributed by atoms with E-state index < -0.39 is 0 Å². The fourth-order valence-corrected chi connectivity index (χ4v) is 5.43. The second-order valence-electron chi connectivity index (χ2n) is 7.46. The molecule has 4 aliphatic rings. The normalized spacial score (nSPS) is 34.3. The summed E-state index contributed by atoms with van der Waals surface area (Å²) in [6.07, 6.45) is 3.94. The maximum absolute atomic E-state index is 12.6. The van der Waals surface area contributed by atoms with Crippen molar-refractivity contribution in [2.75, 3.05) is 13.7 Å². The summed E-state index contributed by atoms with van der Waals surface area (Å²) in [6, 6.07) is 5.99. The monoisotopic (exact) mass is 338 g/mol. The van der Waals surface area contributed by atoms with Crippen molar-refractivity contribution >= 4 is 16.9 Å². The zero-order valence-corrected chi connectivity index (χ0v) is 14.5. The van der Waals surface area contributed by atoms with Crippen molar-refractivity contribution in [2.45, 2.75) is 31.8 Å². The van der Waals surface area contributed by atoms with Crippen LogP contribution < -0.4 is 0 Å². The summed E-state index contributed by atoms with van der Waals surface area (Å²) in [5, 5.41) is 11.0. The van der Waals surface area contributed by atoms with Crippen LogP contribution in [0.5, 0.6) is 5.75 Å². The maximum Gasteiger partial charge on any atom is 0.310 e. The lowest BCUT2D eigenvalue weighted by molar-refractivity contribution is -0.157.